The van der Waals surface area contributed by atoms with E-state index >= 15 is 0 Å². The molecule has 2 heterocycles. The van der Waals surface area contributed by atoms with Crippen molar-refractivity contribution < 1.29 is 9.59 Å². The van der Waals surface area contributed by atoms with Gasteiger partial charge in [-0.3, -0.25) is 14.9 Å². The summed E-state index contributed by atoms with van der Waals surface area (Å²) < 4.78 is 0. The van der Waals surface area contributed by atoms with Gasteiger partial charge in [0.1, 0.15) is 0 Å². The molecular weight excluding hydrogens is 372 g/mol. The van der Waals surface area contributed by atoms with E-state index in [9.17, 15) is 9.59 Å². The maximum absolute atomic E-state index is 12.4. The Hall–Kier alpha value is -3.19. The number of nitrogens with one attached hydrogen (secondary N) is 1. The van der Waals surface area contributed by atoms with Gasteiger partial charge in [-0.1, -0.05) is 24.3 Å². The lowest BCUT2D eigenvalue weighted by Crippen LogP contribution is -2.30. The molecule has 1 aliphatic heterocycles. The van der Waals surface area contributed by atoms with Gasteiger partial charge in [0.15, 0.2) is 5.13 Å². The van der Waals surface area contributed by atoms with Crippen LogP contribution in [0, 0.1) is 0 Å². The number of nitrogens with zero attached hydrogens (tertiary/aromatic N) is 2. The Morgan fingerprint density at radius 1 is 1.11 bits per heavy atom. The molecule has 0 atom stereocenters. The molecule has 0 bridgehead atoms. The van der Waals surface area contributed by atoms with Gasteiger partial charge in [0.25, 0.3) is 5.91 Å². The fourth-order valence-electron chi connectivity index (χ4n) is 3.33. The smallest absolute Gasteiger partial charge is 0.257 e. The normalized spacial score (nSPS) is 13.1. The maximum atomic E-state index is 12.4. The summed E-state index contributed by atoms with van der Waals surface area (Å²) in [7, 11) is 0. The molecule has 0 radical (unpaired) electrons. The van der Waals surface area contributed by atoms with Crippen molar-refractivity contribution in [1.29, 1.82) is 0 Å². The van der Waals surface area contributed by atoms with Crippen molar-refractivity contribution in [2.75, 3.05) is 16.8 Å². The second-order valence-corrected chi connectivity index (χ2v) is 7.59. The Balaban J connectivity index is 1.41. The Morgan fingerprint density at radius 2 is 1.86 bits per heavy atom. The van der Waals surface area contributed by atoms with Crippen molar-refractivity contribution in [3.8, 4) is 0 Å². The van der Waals surface area contributed by atoms with Gasteiger partial charge in [-0.05, 0) is 41.8 Å². The number of primary amides is 1. The minimum atomic E-state index is -0.445. The Kier molecular flexibility index (Phi) is 5.08. The van der Waals surface area contributed by atoms with Crippen LogP contribution in [0.1, 0.15) is 27.2 Å². The average Bonchev–Trinajstić information content (AvgIpc) is 3.13. The van der Waals surface area contributed by atoms with E-state index in [1.165, 1.54) is 22.5 Å². The van der Waals surface area contributed by atoms with Gasteiger partial charge < -0.3 is 10.6 Å². The molecule has 0 unspecified atom stereocenters. The van der Waals surface area contributed by atoms with Crippen LogP contribution in [-0.2, 0) is 24.2 Å². The SMILES string of the molecule is NC(=O)Cc1csc(NC(=O)c2ccc(N3CCc4ccccc4C3)cc2)n1. The molecule has 3 N–H and O–H groups in total. The van der Waals surface area contributed by atoms with Crippen LogP contribution >= 0.6 is 11.3 Å². The van der Waals surface area contributed by atoms with Crippen molar-refractivity contribution in [2.45, 2.75) is 19.4 Å². The molecule has 0 saturated carbocycles. The highest BCUT2D eigenvalue weighted by molar-refractivity contribution is 7.14. The summed E-state index contributed by atoms with van der Waals surface area (Å²) in [5, 5.41) is 4.94. The number of benzene rings is 2. The van der Waals surface area contributed by atoms with Gasteiger partial charge in [0.05, 0.1) is 12.1 Å². The van der Waals surface area contributed by atoms with Crippen LogP contribution in [-0.4, -0.2) is 23.3 Å². The minimum Gasteiger partial charge on any atom is -0.369 e. The lowest BCUT2D eigenvalue weighted by Gasteiger charge is -2.30. The first-order chi connectivity index (χ1) is 13.6. The first kappa shape index (κ1) is 18.2. The molecule has 1 aromatic heterocycles. The third-order valence-corrected chi connectivity index (χ3v) is 5.56. The average molecular weight is 392 g/mol. The van der Waals surface area contributed by atoms with Gasteiger partial charge in [0, 0.05) is 29.7 Å². The number of thiazole rings is 1. The van der Waals surface area contributed by atoms with Crippen molar-refractivity contribution in [1.82, 2.24) is 4.98 Å². The summed E-state index contributed by atoms with van der Waals surface area (Å²) in [5.74, 6) is -0.672. The van der Waals surface area contributed by atoms with Crippen LogP contribution in [0.3, 0.4) is 0 Å². The number of anilines is 2. The van der Waals surface area contributed by atoms with Crippen molar-refractivity contribution in [2.24, 2.45) is 5.73 Å². The zero-order chi connectivity index (χ0) is 19.5. The lowest BCUT2D eigenvalue weighted by atomic mass is 9.99. The second kappa shape index (κ2) is 7.82. The van der Waals surface area contributed by atoms with Crippen LogP contribution < -0.4 is 16.0 Å². The zero-order valence-corrected chi connectivity index (χ0v) is 16.0. The Labute approximate surface area is 167 Å². The zero-order valence-electron chi connectivity index (χ0n) is 15.2. The molecule has 2 aromatic carbocycles. The fourth-order valence-corrected chi connectivity index (χ4v) is 4.04. The van der Waals surface area contributed by atoms with Crippen LogP contribution in [0.15, 0.2) is 53.9 Å². The third-order valence-electron chi connectivity index (χ3n) is 4.75. The van der Waals surface area contributed by atoms with Gasteiger partial charge in [-0.25, -0.2) is 4.98 Å². The summed E-state index contributed by atoms with van der Waals surface area (Å²) in [6.07, 6.45) is 1.09. The number of hydrogen-bond acceptors (Lipinski definition) is 5. The second-order valence-electron chi connectivity index (χ2n) is 6.73. The summed E-state index contributed by atoms with van der Waals surface area (Å²) in [6.45, 7) is 1.84. The van der Waals surface area contributed by atoms with Crippen LogP contribution in [0.2, 0.25) is 0 Å². The highest BCUT2D eigenvalue weighted by Gasteiger charge is 2.17. The first-order valence-electron chi connectivity index (χ1n) is 9.04. The summed E-state index contributed by atoms with van der Waals surface area (Å²) in [4.78, 5) is 29.9. The number of nitrogens with two attached hydrogens (primary N) is 1. The molecule has 2 amide bonds. The van der Waals surface area contributed by atoms with E-state index in [0.717, 1.165) is 25.2 Å². The Bertz CT molecular complexity index is 1010. The summed E-state index contributed by atoms with van der Waals surface area (Å²) >= 11 is 1.27. The van der Waals surface area contributed by atoms with Gasteiger partial charge >= 0.3 is 0 Å². The van der Waals surface area contributed by atoms with E-state index in [1.54, 1.807) is 5.38 Å². The van der Waals surface area contributed by atoms with Crippen LogP contribution in [0.25, 0.3) is 0 Å². The molecule has 6 nitrogen and oxygen atoms in total. The van der Waals surface area contributed by atoms with E-state index in [2.05, 4.69) is 39.5 Å². The van der Waals surface area contributed by atoms with E-state index in [-0.39, 0.29) is 12.3 Å². The summed E-state index contributed by atoms with van der Waals surface area (Å²) in [6, 6.07) is 16.1. The molecule has 0 fully saturated rings. The topological polar surface area (TPSA) is 88.3 Å². The minimum absolute atomic E-state index is 0.0695. The van der Waals surface area contributed by atoms with Gasteiger partial charge in [-0.2, -0.15) is 0 Å². The largest absolute Gasteiger partial charge is 0.369 e. The Morgan fingerprint density at radius 3 is 2.61 bits per heavy atom. The first-order valence-corrected chi connectivity index (χ1v) is 9.92. The summed E-state index contributed by atoms with van der Waals surface area (Å²) in [5.41, 5.74) is 10.2. The maximum Gasteiger partial charge on any atom is 0.257 e. The van der Waals surface area contributed by atoms with Crippen LogP contribution in [0.4, 0.5) is 10.8 Å². The fraction of sp³-hybridized carbons (Fsp3) is 0.190. The van der Waals surface area contributed by atoms with E-state index in [1.807, 2.05) is 24.3 Å². The van der Waals surface area contributed by atoms with Crippen molar-refractivity contribution >= 4 is 34.0 Å². The van der Waals surface area contributed by atoms with Gasteiger partial charge in [0.2, 0.25) is 5.91 Å². The van der Waals surface area contributed by atoms with Gasteiger partial charge in [-0.15, -0.1) is 11.3 Å². The molecule has 142 valence electrons. The lowest BCUT2D eigenvalue weighted by molar-refractivity contribution is -0.117. The van der Waals surface area contributed by atoms with E-state index in [0.29, 0.717) is 16.4 Å². The monoisotopic (exact) mass is 392 g/mol. The number of fused-ring (bicyclic) bond motifs is 1. The quantitative estimate of drug-likeness (QED) is 0.699. The highest BCUT2D eigenvalue weighted by Crippen LogP contribution is 2.25. The number of hydrogen-bond donors (Lipinski definition) is 2. The van der Waals surface area contributed by atoms with Crippen molar-refractivity contribution in [3.63, 3.8) is 0 Å². The van der Waals surface area contributed by atoms with Crippen molar-refractivity contribution in [3.05, 3.63) is 76.3 Å². The molecule has 3 aromatic rings. The molecule has 0 spiro atoms. The molecular formula is C21H20N4O2S. The molecule has 1 aliphatic rings. The number of carbonyl (C=O) groups is 2. The molecule has 0 aliphatic carbocycles. The van der Waals surface area contributed by atoms with Crippen LogP contribution in [0.5, 0.6) is 0 Å². The third kappa shape index (κ3) is 4.04. The standard InChI is InChI=1S/C21H20N4O2S/c22-19(26)11-17-13-28-21(23-17)24-20(27)15-5-7-18(8-6-15)25-10-9-14-3-1-2-4-16(14)12-25/h1-8,13H,9-12H2,(H2,22,26)(H,23,24,27). The number of rotatable bonds is 5. The molecule has 4 rings (SSSR count). The number of amides is 2. The highest BCUT2D eigenvalue weighted by atomic mass is 32.1. The van der Waals surface area contributed by atoms with E-state index < -0.39 is 5.91 Å². The van der Waals surface area contributed by atoms with E-state index in [4.69, 9.17) is 5.73 Å². The molecule has 28 heavy (non-hydrogen) atoms. The number of carbonyl (C=O) groups excluding carboxylic acids is 2. The predicted octanol–water partition coefficient (Wildman–Crippen LogP) is 2.99. The number of aromatic nitrogens is 1. The molecule has 0 saturated heterocycles. The predicted molar refractivity (Wildman–Crippen MR) is 111 cm³/mol. The molecule has 7 heteroatoms.